The summed E-state index contributed by atoms with van der Waals surface area (Å²) in [6, 6.07) is 12.1. The molecule has 0 bridgehead atoms. The van der Waals surface area contributed by atoms with Gasteiger partial charge in [0, 0.05) is 4.47 Å². The van der Waals surface area contributed by atoms with Gasteiger partial charge in [-0.05, 0) is 54.7 Å². The Morgan fingerprint density at radius 3 is 2.52 bits per heavy atom. The van der Waals surface area contributed by atoms with E-state index < -0.39 is 11.9 Å². The van der Waals surface area contributed by atoms with Crippen LogP contribution in [-0.4, -0.2) is 11.1 Å². The van der Waals surface area contributed by atoms with Crippen molar-refractivity contribution in [1.82, 2.24) is 0 Å². The number of aryl methyl sites for hydroxylation is 1. The van der Waals surface area contributed by atoms with Crippen LogP contribution in [0.4, 0.5) is 4.39 Å². The molecule has 1 atom stereocenters. The van der Waals surface area contributed by atoms with Gasteiger partial charge in [0.25, 0.3) is 0 Å². The van der Waals surface area contributed by atoms with Crippen LogP contribution in [0.2, 0.25) is 0 Å². The topological polar surface area (TPSA) is 37.3 Å². The third-order valence-electron chi connectivity index (χ3n) is 3.55. The molecule has 2 aromatic rings. The Morgan fingerprint density at radius 2 is 1.86 bits per heavy atom. The molecule has 2 rings (SSSR count). The lowest BCUT2D eigenvalue weighted by atomic mass is 9.91. The van der Waals surface area contributed by atoms with Crippen molar-refractivity contribution in [3.05, 3.63) is 69.4 Å². The molecule has 0 amide bonds. The van der Waals surface area contributed by atoms with Gasteiger partial charge >= 0.3 is 5.97 Å². The molecule has 0 fully saturated rings. The molecule has 1 N–H and O–H groups in total. The second-order valence-electron chi connectivity index (χ2n) is 5.11. The number of aliphatic carboxylic acids is 1. The number of carbonyl (C=O) groups is 1. The fourth-order valence-electron chi connectivity index (χ4n) is 2.30. The summed E-state index contributed by atoms with van der Waals surface area (Å²) >= 11 is 3.43. The second-order valence-corrected chi connectivity index (χ2v) is 5.96. The highest BCUT2D eigenvalue weighted by atomic mass is 79.9. The van der Waals surface area contributed by atoms with E-state index in [4.69, 9.17) is 0 Å². The Hall–Kier alpha value is -1.68. The van der Waals surface area contributed by atoms with Crippen LogP contribution in [0.15, 0.2) is 46.9 Å². The average molecular weight is 351 g/mol. The Balaban J connectivity index is 2.22. The summed E-state index contributed by atoms with van der Waals surface area (Å²) < 4.78 is 14.2. The van der Waals surface area contributed by atoms with Crippen molar-refractivity contribution in [2.24, 2.45) is 5.92 Å². The van der Waals surface area contributed by atoms with Crippen LogP contribution in [-0.2, 0) is 17.6 Å². The summed E-state index contributed by atoms with van der Waals surface area (Å²) in [6.45, 7) is 1.87. The average Bonchev–Trinajstić information content (AvgIpc) is 2.44. The largest absolute Gasteiger partial charge is 0.481 e. The van der Waals surface area contributed by atoms with Crippen molar-refractivity contribution in [2.75, 3.05) is 0 Å². The molecule has 0 saturated heterocycles. The third kappa shape index (κ3) is 4.14. The van der Waals surface area contributed by atoms with E-state index in [-0.39, 0.29) is 5.82 Å². The lowest BCUT2D eigenvalue weighted by Crippen LogP contribution is -2.20. The summed E-state index contributed by atoms with van der Waals surface area (Å²) in [5, 5.41) is 9.44. The maximum Gasteiger partial charge on any atom is 0.307 e. The predicted molar refractivity (Wildman–Crippen MR) is 83.8 cm³/mol. The lowest BCUT2D eigenvalue weighted by Gasteiger charge is -2.15. The van der Waals surface area contributed by atoms with Gasteiger partial charge in [0.1, 0.15) is 5.82 Å². The van der Waals surface area contributed by atoms with Gasteiger partial charge in [-0.3, -0.25) is 4.79 Å². The molecule has 0 aliphatic carbocycles. The molecule has 4 heteroatoms. The van der Waals surface area contributed by atoms with E-state index in [9.17, 15) is 14.3 Å². The standard InChI is InChI=1S/C17H16BrFO2/c1-11-6-7-15(19)10-13(11)9-14(17(20)21)8-12-4-2-3-5-16(12)18/h2-7,10,14H,8-9H2,1H3,(H,20,21). The van der Waals surface area contributed by atoms with Crippen molar-refractivity contribution in [1.29, 1.82) is 0 Å². The van der Waals surface area contributed by atoms with Gasteiger partial charge in [0.15, 0.2) is 0 Å². The van der Waals surface area contributed by atoms with E-state index >= 15 is 0 Å². The maximum absolute atomic E-state index is 13.3. The van der Waals surface area contributed by atoms with Crippen molar-refractivity contribution < 1.29 is 14.3 Å². The van der Waals surface area contributed by atoms with E-state index in [1.807, 2.05) is 31.2 Å². The van der Waals surface area contributed by atoms with Gasteiger partial charge in [-0.15, -0.1) is 0 Å². The highest BCUT2D eigenvalue weighted by Crippen LogP contribution is 2.23. The number of carboxylic acids is 1. The smallest absolute Gasteiger partial charge is 0.307 e. The molecule has 21 heavy (non-hydrogen) atoms. The fraction of sp³-hybridized carbons (Fsp3) is 0.235. The molecule has 110 valence electrons. The first-order chi connectivity index (χ1) is 9.97. The SMILES string of the molecule is Cc1ccc(F)cc1CC(Cc1ccccc1Br)C(=O)O. The van der Waals surface area contributed by atoms with E-state index in [1.165, 1.54) is 12.1 Å². The van der Waals surface area contributed by atoms with Crippen LogP contribution in [0.5, 0.6) is 0 Å². The molecule has 0 aliphatic heterocycles. The Labute approximate surface area is 131 Å². The number of carboxylic acid groups (broad SMARTS) is 1. The summed E-state index contributed by atoms with van der Waals surface area (Å²) in [4.78, 5) is 11.5. The van der Waals surface area contributed by atoms with Gasteiger partial charge in [-0.25, -0.2) is 4.39 Å². The van der Waals surface area contributed by atoms with E-state index in [2.05, 4.69) is 15.9 Å². The third-order valence-corrected chi connectivity index (χ3v) is 4.32. The molecule has 0 heterocycles. The Kier molecular flexibility index (Phi) is 5.12. The van der Waals surface area contributed by atoms with Crippen LogP contribution in [0.25, 0.3) is 0 Å². The minimum Gasteiger partial charge on any atom is -0.481 e. The first-order valence-corrected chi connectivity index (χ1v) is 7.48. The van der Waals surface area contributed by atoms with Gasteiger partial charge in [-0.2, -0.15) is 0 Å². The van der Waals surface area contributed by atoms with Gasteiger partial charge in [0.2, 0.25) is 0 Å². The molecule has 1 unspecified atom stereocenters. The van der Waals surface area contributed by atoms with Crippen molar-refractivity contribution >= 4 is 21.9 Å². The summed E-state index contributed by atoms with van der Waals surface area (Å²) in [6.07, 6.45) is 0.729. The van der Waals surface area contributed by atoms with Crippen LogP contribution in [0, 0.1) is 18.7 Å². The van der Waals surface area contributed by atoms with Gasteiger partial charge in [0.05, 0.1) is 5.92 Å². The monoisotopic (exact) mass is 350 g/mol. The summed E-state index contributed by atoms with van der Waals surface area (Å²) in [5.74, 6) is -1.78. The predicted octanol–water partition coefficient (Wildman–Crippen LogP) is 4.38. The van der Waals surface area contributed by atoms with Crippen LogP contribution >= 0.6 is 15.9 Å². The summed E-state index contributed by atoms with van der Waals surface area (Å²) in [5.41, 5.74) is 2.60. The van der Waals surface area contributed by atoms with Crippen LogP contribution < -0.4 is 0 Å². The summed E-state index contributed by atoms with van der Waals surface area (Å²) in [7, 11) is 0. The highest BCUT2D eigenvalue weighted by Gasteiger charge is 2.20. The number of halogens is 2. The first-order valence-electron chi connectivity index (χ1n) is 6.68. The molecule has 0 aromatic heterocycles. The first kappa shape index (κ1) is 15.7. The second kappa shape index (κ2) is 6.85. The molecular weight excluding hydrogens is 335 g/mol. The number of hydrogen-bond acceptors (Lipinski definition) is 1. The molecule has 0 spiro atoms. The zero-order chi connectivity index (χ0) is 15.4. The van der Waals surface area contributed by atoms with Crippen LogP contribution in [0.1, 0.15) is 16.7 Å². The quantitative estimate of drug-likeness (QED) is 0.868. The number of benzene rings is 2. The van der Waals surface area contributed by atoms with E-state index in [1.54, 1.807) is 6.07 Å². The molecule has 0 radical (unpaired) electrons. The van der Waals surface area contributed by atoms with Crippen molar-refractivity contribution in [3.8, 4) is 0 Å². The maximum atomic E-state index is 13.3. The van der Waals surface area contributed by atoms with Crippen molar-refractivity contribution in [3.63, 3.8) is 0 Å². The Morgan fingerprint density at radius 1 is 1.19 bits per heavy atom. The molecule has 2 nitrogen and oxygen atoms in total. The van der Waals surface area contributed by atoms with Crippen molar-refractivity contribution in [2.45, 2.75) is 19.8 Å². The number of rotatable bonds is 5. The minimum atomic E-state index is -0.866. The van der Waals surface area contributed by atoms with Gasteiger partial charge < -0.3 is 5.11 Å². The van der Waals surface area contributed by atoms with E-state index in [0.717, 1.165) is 21.2 Å². The normalized spacial score (nSPS) is 12.1. The Bertz CT molecular complexity index is 655. The molecule has 2 aromatic carbocycles. The zero-order valence-electron chi connectivity index (χ0n) is 11.6. The minimum absolute atomic E-state index is 0.320. The molecular formula is C17H16BrFO2. The highest BCUT2D eigenvalue weighted by molar-refractivity contribution is 9.10. The molecule has 0 saturated carbocycles. The fourth-order valence-corrected chi connectivity index (χ4v) is 2.75. The van der Waals surface area contributed by atoms with Crippen LogP contribution in [0.3, 0.4) is 0 Å². The van der Waals surface area contributed by atoms with E-state index in [0.29, 0.717) is 12.8 Å². The van der Waals surface area contributed by atoms with Gasteiger partial charge in [-0.1, -0.05) is 40.2 Å². The zero-order valence-corrected chi connectivity index (χ0v) is 13.2. The number of hydrogen-bond donors (Lipinski definition) is 1. The lowest BCUT2D eigenvalue weighted by molar-refractivity contribution is -0.141. The molecule has 0 aliphatic rings.